The molecule has 10 heteroatoms. The van der Waals surface area contributed by atoms with Gasteiger partial charge in [-0.1, -0.05) is 62.9 Å². The average molecular weight is 520 g/mol. The van der Waals surface area contributed by atoms with E-state index in [1.807, 2.05) is 6.07 Å². The van der Waals surface area contributed by atoms with Gasteiger partial charge in [0.2, 0.25) is 5.91 Å². The highest BCUT2D eigenvalue weighted by molar-refractivity contribution is 7.09. The molecule has 1 aromatic carbocycles. The molecule has 0 saturated heterocycles. The van der Waals surface area contributed by atoms with E-state index in [9.17, 15) is 14.4 Å². The van der Waals surface area contributed by atoms with Crippen molar-refractivity contribution < 1.29 is 14.4 Å². The molecule has 0 unspecified atom stereocenters. The first-order valence-corrected chi connectivity index (χ1v) is 13.3. The molecule has 1 fully saturated rings. The number of hydrogen-bond donors (Lipinski definition) is 3. The smallest absolute Gasteiger partial charge is 0.273 e. The normalized spacial score (nSPS) is 14.1. The molecular weight excluding hydrogens is 486 g/mol. The van der Waals surface area contributed by atoms with Gasteiger partial charge in [-0.15, -0.1) is 0 Å². The highest BCUT2D eigenvalue weighted by atomic mass is 35.5. The molecule has 35 heavy (non-hydrogen) atoms. The third kappa shape index (κ3) is 7.67. The Labute approximate surface area is 215 Å². The Morgan fingerprint density at radius 3 is 2.60 bits per heavy atom. The minimum atomic E-state index is -0.462. The van der Waals surface area contributed by atoms with Crippen LogP contribution in [0.4, 0.5) is 5.69 Å². The molecule has 3 amide bonds. The zero-order valence-corrected chi connectivity index (χ0v) is 21.9. The minimum Gasteiger partial charge on any atom is -0.395 e. The molecule has 3 rings (SSSR count). The molecule has 1 aliphatic carbocycles. The lowest BCUT2D eigenvalue weighted by molar-refractivity contribution is -0.121. The number of nitrogen functional groups attached to an aromatic ring is 1. The summed E-state index contributed by atoms with van der Waals surface area (Å²) in [5.74, 6) is -0.653. The summed E-state index contributed by atoms with van der Waals surface area (Å²) in [6, 6.07) is 7.26. The highest BCUT2D eigenvalue weighted by Crippen LogP contribution is 2.26. The number of amides is 3. The lowest BCUT2D eigenvalue weighted by atomic mass is 9.95. The number of rotatable bonds is 10. The number of nitrogens with zero attached hydrogens (tertiary/aromatic N) is 2. The summed E-state index contributed by atoms with van der Waals surface area (Å²) >= 11 is 7.19. The van der Waals surface area contributed by atoms with E-state index in [0.29, 0.717) is 23.0 Å². The molecule has 1 heterocycles. The second-order valence-electron chi connectivity index (χ2n) is 9.37. The predicted octanol–water partition coefficient (Wildman–Crippen LogP) is 4.25. The molecule has 0 bridgehead atoms. The number of anilines is 1. The second-order valence-corrected chi connectivity index (χ2v) is 10.5. The Hall–Kier alpha value is -2.65. The van der Waals surface area contributed by atoms with Crippen molar-refractivity contribution in [3.05, 3.63) is 45.4 Å². The van der Waals surface area contributed by atoms with Gasteiger partial charge < -0.3 is 21.3 Å². The van der Waals surface area contributed by atoms with Gasteiger partial charge in [-0.3, -0.25) is 14.4 Å². The molecule has 1 aromatic heterocycles. The average Bonchev–Trinajstić information content (AvgIpc) is 3.21. The van der Waals surface area contributed by atoms with Crippen LogP contribution in [-0.4, -0.2) is 46.1 Å². The van der Waals surface area contributed by atoms with E-state index in [0.717, 1.165) is 43.6 Å². The largest absolute Gasteiger partial charge is 0.395 e. The van der Waals surface area contributed by atoms with Gasteiger partial charge in [0.25, 0.3) is 11.8 Å². The van der Waals surface area contributed by atoms with Crippen molar-refractivity contribution in [3.63, 3.8) is 0 Å². The Morgan fingerprint density at radius 1 is 1.20 bits per heavy atom. The lowest BCUT2D eigenvalue weighted by Gasteiger charge is -2.23. The maximum Gasteiger partial charge on any atom is 0.273 e. The Bertz CT molecular complexity index is 1040. The van der Waals surface area contributed by atoms with Crippen LogP contribution in [0.5, 0.6) is 0 Å². The van der Waals surface area contributed by atoms with E-state index < -0.39 is 5.91 Å². The number of hydrogen-bond acceptors (Lipinski definition) is 6. The molecule has 0 aliphatic heterocycles. The first kappa shape index (κ1) is 26.9. The molecule has 4 N–H and O–H groups in total. The van der Waals surface area contributed by atoms with E-state index in [2.05, 4.69) is 28.9 Å². The molecular formula is C25H34ClN5O3S. The topological polar surface area (TPSA) is 117 Å². The first-order chi connectivity index (χ1) is 16.8. The summed E-state index contributed by atoms with van der Waals surface area (Å²) in [6.07, 6.45) is 6.04. The molecule has 0 atom stereocenters. The van der Waals surface area contributed by atoms with Crippen LogP contribution >= 0.6 is 23.1 Å². The quantitative estimate of drug-likeness (QED) is 0.434. The van der Waals surface area contributed by atoms with Crippen LogP contribution in [0.1, 0.15) is 78.1 Å². The molecule has 190 valence electrons. The Kier molecular flexibility index (Phi) is 9.92. The third-order valence-electron chi connectivity index (χ3n) is 6.06. The van der Waals surface area contributed by atoms with Crippen LogP contribution < -0.4 is 16.4 Å². The van der Waals surface area contributed by atoms with Crippen LogP contribution in [0, 0.1) is 5.92 Å². The van der Waals surface area contributed by atoms with Crippen LogP contribution in [0.25, 0.3) is 0 Å². The number of aromatic nitrogens is 1. The van der Waals surface area contributed by atoms with Crippen molar-refractivity contribution in [2.75, 3.05) is 18.8 Å². The molecule has 1 saturated carbocycles. The minimum absolute atomic E-state index is 0.0395. The fourth-order valence-electron chi connectivity index (χ4n) is 4.02. The van der Waals surface area contributed by atoms with Gasteiger partial charge in [-0.25, -0.2) is 0 Å². The van der Waals surface area contributed by atoms with E-state index in [1.54, 1.807) is 18.2 Å². The third-order valence-corrected chi connectivity index (χ3v) is 7.28. The highest BCUT2D eigenvalue weighted by Gasteiger charge is 2.28. The standard InChI is InChI=1S/C25H34ClN5O3S/c1-16(2)12-13-28-20(32)15-31(14-17-8-6-7-11-19(17)26)25(34)23-21(27)22(30-35-23)24(33)29-18-9-4-3-5-10-18/h6-8,11,16,18H,3-5,9-10,12-15,27H2,1-2H3,(H,28,32)(H,29,33). The summed E-state index contributed by atoms with van der Waals surface area (Å²) in [5.41, 5.74) is 7.03. The lowest BCUT2D eigenvalue weighted by Crippen LogP contribution is -2.41. The van der Waals surface area contributed by atoms with Crippen LogP contribution in [0.3, 0.4) is 0 Å². The van der Waals surface area contributed by atoms with E-state index in [4.69, 9.17) is 17.3 Å². The second kappa shape index (κ2) is 12.9. The molecule has 0 radical (unpaired) electrons. The molecule has 1 aliphatic rings. The summed E-state index contributed by atoms with van der Waals surface area (Å²) in [4.78, 5) is 40.4. The van der Waals surface area contributed by atoms with Gasteiger partial charge in [-0.2, -0.15) is 4.37 Å². The van der Waals surface area contributed by atoms with Gasteiger partial charge in [0.05, 0.1) is 5.69 Å². The fraction of sp³-hybridized carbons (Fsp3) is 0.520. The molecule has 2 aromatic rings. The van der Waals surface area contributed by atoms with E-state index >= 15 is 0 Å². The van der Waals surface area contributed by atoms with Crippen molar-refractivity contribution in [2.45, 2.75) is 65.0 Å². The monoisotopic (exact) mass is 519 g/mol. The van der Waals surface area contributed by atoms with Crippen molar-refractivity contribution >= 4 is 46.5 Å². The van der Waals surface area contributed by atoms with Gasteiger partial charge in [0.15, 0.2) is 5.69 Å². The Morgan fingerprint density at radius 2 is 1.91 bits per heavy atom. The summed E-state index contributed by atoms with van der Waals surface area (Å²) in [6.45, 7) is 4.64. The van der Waals surface area contributed by atoms with Crippen molar-refractivity contribution in [1.82, 2.24) is 19.9 Å². The SMILES string of the molecule is CC(C)CCNC(=O)CN(Cc1ccccc1Cl)C(=O)c1snc(C(=O)NC2CCCCC2)c1N. The number of benzene rings is 1. The predicted molar refractivity (Wildman–Crippen MR) is 140 cm³/mol. The van der Waals surface area contributed by atoms with Crippen molar-refractivity contribution in [3.8, 4) is 0 Å². The number of nitrogens with two attached hydrogens (primary N) is 1. The molecule has 8 nitrogen and oxygen atoms in total. The van der Waals surface area contributed by atoms with Gasteiger partial charge in [0, 0.05) is 24.2 Å². The van der Waals surface area contributed by atoms with Crippen molar-refractivity contribution in [1.29, 1.82) is 0 Å². The fourth-order valence-corrected chi connectivity index (χ4v) is 4.98. The van der Waals surface area contributed by atoms with E-state index in [1.165, 1.54) is 11.3 Å². The maximum atomic E-state index is 13.5. The number of carbonyl (C=O) groups is 3. The van der Waals surface area contributed by atoms with Gasteiger partial charge in [-0.05, 0) is 48.3 Å². The van der Waals surface area contributed by atoms with Gasteiger partial charge >= 0.3 is 0 Å². The number of halogens is 1. The van der Waals surface area contributed by atoms with E-state index in [-0.39, 0.29) is 47.2 Å². The van der Waals surface area contributed by atoms with Crippen molar-refractivity contribution in [2.24, 2.45) is 5.92 Å². The maximum absolute atomic E-state index is 13.5. The Balaban J connectivity index is 1.76. The number of carbonyl (C=O) groups excluding carboxylic acids is 3. The van der Waals surface area contributed by atoms with Crippen LogP contribution in [0.2, 0.25) is 5.02 Å². The molecule has 0 spiro atoms. The van der Waals surface area contributed by atoms with Crippen LogP contribution in [-0.2, 0) is 11.3 Å². The number of nitrogens with one attached hydrogen (secondary N) is 2. The summed E-state index contributed by atoms with van der Waals surface area (Å²) in [5, 5.41) is 6.34. The zero-order chi connectivity index (χ0) is 25.4. The summed E-state index contributed by atoms with van der Waals surface area (Å²) < 4.78 is 4.19. The zero-order valence-electron chi connectivity index (χ0n) is 20.3. The van der Waals surface area contributed by atoms with Crippen LogP contribution in [0.15, 0.2) is 24.3 Å². The first-order valence-electron chi connectivity index (χ1n) is 12.1. The summed E-state index contributed by atoms with van der Waals surface area (Å²) in [7, 11) is 0. The van der Waals surface area contributed by atoms with Gasteiger partial charge in [0.1, 0.15) is 11.4 Å².